The fraction of sp³-hybridized carbons (Fsp3) is 0.500. The van der Waals surface area contributed by atoms with Gasteiger partial charge in [-0.15, -0.1) is 0 Å². The van der Waals surface area contributed by atoms with Gasteiger partial charge in [0.15, 0.2) is 5.60 Å². The van der Waals surface area contributed by atoms with Crippen molar-refractivity contribution in [1.82, 2.24) is 4.90 Å². The predicted octanol–water partition coefficient (Wildman–Crippen LogP) is 2.82. The molecular formula is C18H21NO3. The van der Waals surface area contributed by atoms with Crippen LogP contribution in [0.2, 0.25) is 0 Å². The second kappa shape index (κ2) is 5.33. The molecule has 0 spiro atoms. The first-order valence-electron chi connectivity index (χ1n) is 7.62. The number of carbonyl (C=O) groups is 1. The zero-order chi connectivity index (χ0) is 15.8. The predicted molar refractivity (Wildman–Crippen MR) is 83.3 cm³/mol. The molecule has 4 heteroatoms. The van der Waals surface area contributed by atoms with Crippen molar-refractivity contribution in [1.29, 1.82) is 0 Å². The zero-order valence-electron chi connectivity index (χ0n) is 13.3. The van der Waals surface area contributed by atoms with Crippen molar-refractivity contribution in [2.45, 2.75) is 44.5 Å². The molecule has 2 fully saturated rings. The summed E-state index contributed by atoms with van der Waals surface area (Å²) in [4.78, 5) is 13.9. The van der Waals surface area contributed by atoms with Gasteiger partial charge in [-0.1, -0.05) is 30.0 Å². The van der Waals surface area contributed by atoms with Crippen molar-refractivity contribution in [2.24, 2.45) is 0 Å². The van der Waals surface area contributed by atoms with Crippen molar-refractivity contribution in [2.75, 3.05) is 13.1 Å². The van der Waals surface area contributed by atoms with E-state index in [1.165, 1.54) is 0 Å². The molecule has 0 bridgehead atoms. The number of benzene rings is 1. The van der Waals surface area contributed by atoms with Gasteiger partial charge in [0.2, 0.25) is 0 Å². The third-order valence-corrected chi connectivity index (χ3v) is 3.75. The largest absolute Gasteiger partial charge is 0.444 e. The van der Waals surface area contributed by atoms with E-state index < -0.39 is 11.2 Å². The van der Waals surface area contributed by atoms with Crippen LogP contribution < -0.4 is 0 Å². The lowest BCUT2D eigenvalue weighted by Crippen LogP contribution is -2.46. The number of fused-ring (bicyclic) bond motifs is 1. The van der Waals surface area contributed by atoms with Crippen molar-refractivity contribution < 1.29 is 14.3 Å². The number of piperidine rings is 1. The normalized spacial score (nSPS) is 26.5. The molecule has 0 saturated carbocycles. The smallest absolute Gasteiger partial charge is 0.410 e. The topological polar surface area (TPSA) is 42.1 Å². The van der Waals surface area contributed by atoms with E-state index in [2.05, 4.69) is 11.8 Å². The van der Waals surface area contributed by atoms with Gasteiger partial charge in [0, 0.05) is 12.1 Å². The van der Waals surface area contributed by atoms with E-state index >= 15 is 0 Å². The van der Waals surface area contributed by atoms with Gasteiger partial charge >= 0.3 is 6.09 Å². The van der Waals surface area contributed by atoms with E-state index in [-0.39, 0.29) is 12.2 Å². The van der Waals surface area contributed by atoms with Crippen molar-refractivity contribution >= 4 is 6.09 Å². The minimum Gasteiger partial charge on any atom is -0.444 e. The Morgan fingerprint density at radius 1 is 1.36 bits per heavy atom. The fourth-order valence-corrected chi connectivity index (χ4v) is 2.62. The third kappa shape index (κ3) is 3.26. The fourth-order valence-electron chi connectivity index (χ4n) is 2.62. The van der Waals surface area contributed by atoms with Gasteiger partial charge in [-0.2, -0.15) is 0 Å². The maximum Gasteiger partial charge on any atom is 0.410 e. The second-order valence-electron chi connectivity index (χ2n) is 6.80. The van der Waals surface area contributed by atoms with Crippen LogP contribution in [0.4, 0.5) is 4.79 Å². The molecule has 1 aromatic carbocycles. The lowest BCUT2D eigenvalue weighted by atomic mass is 9.98. The Morgan fingerprint density at radius 3 is 2.77 bits per heavy atom. The summed E-state index contributed by atoms with van der Waals surface area (Å²) in [5.74, 6) is 6.36. The molecule has 2 saturated heterocycles. The second-order valence-corrected chi connectivity index (χ2v) is 6.80. The Bertz CT molecular complexity index is 623. The number of hydrogen-bond donors (Lipinski definition) is 0. The van der Waals surface area contributed by atoms with Crippen LogP contribution >= 0.6 is 0 Å². The highest BCUT2D eigenvalue weighted by Gasteiger charge is 2.59. The van der Waals surface area contributed by atoms with Crippen molar-refractivity contribution in [3.8, 4) is 11.8 Å². The Hall–Kier alpha value is -1.99. The van der Waals surface area contributed by atoms with Crippen LogP contribution in [-0.2, 0) is 9.47 Å². The first kappa shape index (κ1) is 14.9. The quantitative estimate of drug-likeness (QED) is 0.546. The van der Waals surface area contributed by atoms with Crippen LogP contribution in [0.3, 0.4) is 0 Å². The maximum absolute atomic E-state index is 12.2. The van der Waals surface area contributed by atoms with Gasteiger partial charge in [0.05, 0.1) is 6.54 Å². The molecule has 0 N–H and O–H groups in total. The molecule has 1 amide bonds. The monoisotopic (exact) mass is 299 g/mol. The van der Waals surface area contributed by atoms with Crippen LogP contribution in [0.5, 0.6) is 0 Å². The van der Waals surface area contributed by atoms with Gasteiger partial charge < -0.3 is 14.4 Å². The summed E-state index contributed by atoms with van der Waals surface area (Å²) in [6.07, 6.45) is 0.660. The highest BCUT2D eigenvalue weighted by atomic mass is 16.6. The van der Waals surface area contributed by atoms with E-state index in [1.807, 2.05) is 51.1 Å². The number of ether oxygens (including phenoxy) is 2. The van der Waals surface area contributed by atoms with Crippen molar-refractivity contribution in [3.63, 3.8) is 0 Å². The third-order valence-electron chi connectivity index (χ3n) is 3.75. The molecule has 0 aliphatic carbocycles. The number of nitrogens with zero attached hydrogens (tertiary/aromatic N) is 1. The first-order chi connectivity index (χ1) is 10.4. The Morgan fingerprint density at radius 2 is 2.09 bits per heavy atom. The van der Waals surface area contributed by atoms with Crippen LogP contribution in [0.15, 0.2) is 30.3 Å². The molecule has 2 aliphatic heterocycles. The summed E-state index contributed by atoms with van der Waals surface area (Å²) in [5, 5.41) is 0. The van der Waals surface area contributed by atoms with Gasteiger partial charge in [-0.3, -0.25) is 0 Å². The number of epoxide rings is 1. The van der Waals surface area contributed by atoms with Crippen LogP contribution in [0.25, 0.3) is 0 Å². The molecule has 22 heavy (non-hydrogen) atoms. The molecule has 2 heterocycles. The highest BCUT2D eigenvalue weighted by Crippen LogP contribution is 2.42. The number of likely N-dealkylation sites (tertiary alicyclic amines) is 1. The Labute approximate surface area is 131 Å². The molecule has 0 unspecified atom stereocenters. The van der Waals surface area contributed by atoms with Crippen LogP contribution in [0, 0.1) is 11.8 Å². The van der Waals surface area contributed by atoms with Crippen molar-refractivity contribution in [3.05, 3.63) is 35.9 Å². The summed E-state index contributed by atoms with van der Waals surface area (Å²) < 4.78 is 11.2. The summed E-state index contributed by atoms with van der Waals surface area (Å²) >= 11 is 0. The number of hydrogen-bond acceptors (Lipinski definition) is 3. The van der Waals surface area contributed by atoms with Gasteiger partial charge in [-0.05, 0) is 39.3 Å². The van der Waals surface area contributed by atoms with E-state index in [4.69, 9.17) is 9.47 Å². The number of carbonyl (C=O) groups excluding carboxylic acids is 1. The van der Waals surface area contributed by atoms with Crippen LogP contribution in [-0.4, -0.2) is 41.4 Å². The van der Waals surface area contributed by atoms with E-state index in [9.17, 15) is 4.79 Å². The molecular weight excluding hydrogens is 278 g/mol. The molecule has 3 rings (SSSR count). The van der Waals surface area contributed by atoms with Gasteiger partial charge in [0.25, 0.3) is 0 Å². The molecule has 0 radical (unpaired) electrons. The lowest BCUT2D eigenvalue weighted by Gasteiger charge is -2.30. The highest BCUT2D eigenvalue weighted by molar-refractivity contribution is 5.69. The summed E-state index contributed by atoms with van der Waals surface area (Å²) in [6.45, 7) is 6.75. The molecule has 0 aromatic heterocycles. The summed E-state index contributed by atoms with van der Waals surface area (Å²) in [6, 6.07) is 9.82. The lowest BCUT2D eigenvalue weighted by molar-refractivity contribution is 0.0211. The van der Waals surface area contributed by atoms with E-state index in [1.54, 1.807) is 4.90 Å². The molecule has 2 aliphatic rings. The SMILES string of the molecule is CC(C)(C)OC(=O)N1CC[C@H]2O[C@@]2(C#Cc2ccccc2)C1. The zero-order valence-corrected chi connectivity index (χ0v) is 13.3. The average Bonchev–Trinajstić information content (AvgIpc) is 3.18. The van der Waals surface area contributed by atoms with E-state index in [0.717, 1.165) is 12.0 Å². The van der Waals surface area contributed by atoms with Gasteiger partial charge in [-0.25, -0.2) is 4.79 Å². The Kier molecular flexibility index (Phi) is 3.62. The molecule has 4 nitrogen and oxygen atoms in total. The standard InChI is InChI=1S/C18H21NO3/c1-17(2,3)22-16(20)19-12-10-15-18(13-19,21-15)11-9-14-7-5-4-6-8-14/h4-8,15H,10,12-13H2,1-3H3/t15-,18+/m1/s1. The van der Waals surface area contributed by atoms with E-state index in [0.29, 0.717) is 13.1 Å². The first-order valence-corrected chi connectivity index (χ1v) is 7.62. The Balaban J connectivity index is 1.69. The van der Waals surface area contributed by atoms with Crippen LogP contribution in [0.1, 0.15) is 32.8 Å². The number of amides is 1. The maximum atomic E-state index is 12.2. The summed E-state index contributed by atoms with van der Waals surface area (Å²) in [7, 11) is 0. The molecule has 116 valence electrons. The average molecular weight is 299 g/mol. The molecule has 2 atom stereocenters. The number of rotatable bonds is 0. The molecule has 1 aromatic rings. The minimum atomic E-state index is -0.509. The van der Waals surface area contributed by atoms with Gasteiger partial charge in [0.1, 0.15) is 11.7 Å². The minimum absolute atomic E-state index is 0.141. The summed E-state index contributed by atoms with van der Waals surface area (Å²) in [5.41, 5.74) is -0.0350.